The summed E-state index contributed by atoms with van der Waals surface area (Å²) in [5, 5.41) is 6.50. The Labute approximate surface area is 160 Å². The fourth-order valence-corrected chi connectivity index (χ4v) is 2.87. The van der Waals surface area contributed by atoms with E-state index in [1.807, 2.05) is 24.5 Å². The molecule has 0 saturated carbocycles. The van der Waals surface area contributed by atoms with Crippen LogP contribution in [0.1, 0.15) is 18.1 Å². The van der Waals surface area contributed by atoms with Crippen molar-refractivity contribution in [1.29, 1.82) is 0 Å². The van der Waals surface area contributed by atoms with Crippen molar-refractivity contribution in [1.82, 2.24) is 20.2 Å². The van der Waals surface area contributed by atoms with Gasteiger partial charge in [0, 0.05) is 26.7 Å². The Balaban J connectivity index is 1.61. The number of imidazole rings is 1. The van der Waals surface area contributed by atoms with Gasteiger partial charge >= 0.3 is 0 Å². The number of methoxy groups -OCH3 is 1. The van der Waals surface area contributed by atoms with E-state index in [1.165, 1.54) is 11.1 Å². The van der Waals surface area contributed by atoms with E-state index in [0.29, 0.717) is 13.2 Å². The quantitative estimate of drug-likeness (QED) is 0.366. The van der Waals surface area contributed by atoms with Crippen molar-refractivity contribution in [3.63, 3.8) is 0 Å². The number of aliphatic imine (C=N–C) groups is 1. The second-order valence-corrected chi connectivity index (χ2v) is 6.29. The summed E-state index contributed by atoms with van der Waals surface area (Å²) in [6.07, 6.45) is 1.90. The predicted octanol–water partition coefficient (Wildman–Crippen LogP) is 2.79. The first-order valence-electron chi connectivity index (χ1n) is 9.29. The third-order valence-corrected chi connectivity index (χ3v) is 4.27. The molecule has 0 amide bonds. The van der Waals surface area contributed by atoms with E-state index in [2.05, 4.69) is 62.4 Å². The molecule has 0 aliphatic carbocycles. The van der Waals surface area contributed by atoms with Crippen molar-refractivity contribution in [3.8, 4) is 0 Å². The van der Waals surface area contributed by atoms with Crippen molar-refractivity contribution in [2.24, 2.45) is 4.99 Å². The van der Waals surface area contributed by atoms with Gasteiger partial charge in [-0.15, -0.1) is 0 Å². The Hall–Kier alpha value is -2.86. The highest BCUT2D eigenvalue weighted by atomic mass is 16.5. The zero-order valence-corrected chi connectivity index (χ0v) is 16.0. The maximum absolute atomic E-state index is 5.06. The smallest absolute Gasteiger partial charge is 0.191 e. The Morgan fingerprint density at radius 3 is 2.63 bits per heavy atom. The molecule has 2 N–H and O–H groups in total. The highest BCUT2D eigenvalue weighted by Gasteiger charge is 2.03. The Bertz CT molecular complexity index is 870. The van der Waals surface area contributed by atoms with Gasteiger partial charge in [-0.3, -0.25) is 0 Å². The Morgan fingerprint density at radius 2 is 1.85 bits per heavy atom. The van der Waals surface area contributed by atoms with Crippen molar-refractivity contribution >= 4 is 17.0 Å². The molecular weight excluding hydrogens is 338 g/mol. The van der Waals surface area contributed by atoms with Gasteiger partial charge in [-0.1, -0.05) is 36.4 Å². The van der Waals surface area contributed by atoms with E-state index in [-0.39, 0.29) is 0 Å². The number of hydrogen-bond donors (Lipinski definition) is 2. The molecule has 0 aliphatic heterocycles. The molecule has 6 heteroatoms. The molecule has 0 unspecified atom stereocenters. The van der Waals surface area contributed by atoms with Crippen molar-refractivity contribution in [2.45, 2.75) is 20.0 Å². The molecule has 2 aromatic carbocycles. The van der Waals surface area contributed by atoms with E-state index in [4.69, 9.17) is 4.74 Å². The van der Waals surface area contributed by atoms with Gasteiger partial charge in [0.2, 0.25) is 0 Å². The molecule has 0 radical (unpaired) electrons. The summed E-state index contributed by atoms with van der Waals surface area (Å²) < 4.78 is 7.24. The van der Waals surface area contributed by atoms with Gasteiger partial charge in [0.15, 0.2) is 5.96 Å². The topological polar surface area (TPSA) is 63.5 Å². The normalized spacial score (nSPS) is 11.7. The Morgan fingerprint density at radius 1 is 1.07 bits per heavy atom. The van der Waals surface area contributed by atoms with Crippen LogP contribution in [0.3, 0.4) is 0 Å². The van der Waals surface area contributed by atoms with Crippen molar-refractivity contribution in [2.75, 3.05) is 26.8 Å². The van der Waals surface area contributed by atoms with Gasteiger partial charge in [-0.25, -0.2) is 9.98 Å². The number of nitrogens with one attached hydrogen (secondary N) is 2. The zero-order valence-electron chi connectivity index (χ0n) is 16.0. The summed E-state index contributed by atoms with van der Waals surface area (Å²) in [4.78, 5) is 9.08. The second-order valence-electron chi connectivity index (χ2n) is 6.29. The molecular formula is C21H27N5O. The SMILES string of the molecule is CCNC(=NCc1ccc(Cn2cnc3ccccc32)cc1)NCCOC. The molecule has 0 aliphatic rings. The molecule has 0 saturated heterocycles. The molecule has 1 aromatic heterocycles. The van der Waals surface area contributed by atoms with E-state index >= 15 is 0 Å². The summed E-state index contributed by atoms with van der Waals surface area (Å²) in [6, 6.07) is 16.8. The van der Waals surface area contributed by atoms with Crippen LogP contribution < -0.4 is 10.6 Å². The first kappa shape index (κ1) is 18.9. The highest BCUT2D eigenvalue weighted by Crippen LogP contribution is 2.14. The number of hydrogen-bond acceptors (Lipinski definition) is 3. The van der Waals surface area contributed by atoms with Gasteiger partial charge in [-0.2, -0.15) is 0 Å². The molecule has 142 valence electrons. The fourth-order valence-electron chi connectivity index (χ4n) is 2.87. The monoisotopic (exact) mass is 365 g/mol. The minimum atomic E-state index is 0.636. The van der Waals surface area contributed by atoms with E-state index in [0.717, 1.165) is 36.6 Å². The molecule has 0 atom stereocenters. The third kappa shape index (κ3) is 5.31. The lowest BCUT2D eigenvalue weighted by molar-refractivity contribution is 0.203. The minimum Gasteiger partial charge on any atom is -0.383 e. The number of rotatable bonds is 8. The highest BCUT2D eigenvalue weighted by molar-refractivity contribution is 5.79. The lowest BCUT2D eigenvalue weighted by Gasteiger charge is -2.11. The summed E-state index contributed by atoms with van der Waals surface area (Å²) in [5.74, 6) is 0.809. The van der Waals surface area contributed by atoms with Crippen LogP contribution >= 0.6 is 0 Å². The maximum Gasteiger partial charge on any atom is 0.191 e. The van der Waals surface area contributed by atoms with Gasteiger partial charge in [-0.05, 0) is 30.2 Å². The van der Waals surface area contributed by atoms with Crippen molar-refractivity contribution in [3.05, 3.63) is 66.0 Å². The molecule has 0 fully saturated rings. The molecule has 3 rings (SSSR count). The summed E-state index contributed by atoms with van der Waals surface area (Å²) in [5.41, 5.74) is 4.61. The van der Waals surface area contributed by atoms with Crippen LogP contribution in [0.25, 0.3) is 11.0 Å². The van der Waals surface area contributed by atoms with E-state index in [9.17, 15) is 0 Å². The minimum absolute atomic E-state index is 0.636. The molecule has 6 nitrogen and oxygen atoms in total. The first-order valence-corrected chi connectivity index (χ1v) is 9.29. The van der Waals surface area contributed by atoms with Crippen LogP contribution in [0.2, 0.25) is 0 Å². The molecule has 0 spiro atoms. The van der Waals surface area contributed by atoms with Crippen LogP contribution in [-0.4, -0.2) is 42.3 Å². The van der Waals surface area contributed by atoms with Crippen LogP contribution in [-0.2, 0) is 17.8 Å². The Kier molecular flexibility index (Phi) is 6.82. The zero-order chi connectivity index (χ0) is 18.9. The number of ether oxygens (including phenoxy) is 1. The van der Waals surface area contributed by atoms with Crippen molar-refractivity contribution < 1.29 is 4.74 Å². The molecule has 27 heavy (non-hydrogen) atoms. The number of guanidine groups is 1. The summed E-state index contributed by atoms with van der Waals surface area (Å²) >= 11 is 0. The van der Waals surface area contributed by atoms with E-state index in [1.54, 1.807) is 7.11 Å². The summed E-state index contributed by atoms with van der Waals surface area (Å²) in [7, 11) is 1.69. The van der Waals surface area contributed by atoms with Gasteiger partial charge in [0.25, 0.3) is 0 Å². The molecule has 3 aromatic rings. The number of benzene rings is 2. The molecule has 0 bridgehead atoms. The van der Waals surface area contributed by atoms with Gasteiger partial charge in [0.05, 0.1) is 30.5 Å². The number of fused-ring (bicyclic) bond motifs is 1. The summed E-state index contributed by atoms with van der Waals surface area (Å²) in [6.45, 7) is 5.72. The standard InChI is InChI=1S/C21H27N5O/c1-3-22-21(23-12-13-27-2)24-14-17-8-10-18(11-9-17)15-26-16-25-19-6-4-5-7-20(19)26/h4-11,16H,3,12-15H2,1-2H3,(H2,22,23,24). The number of para-hydroxylation sites is 2. The van der Waals surface area contributed by atoms with E-state index < -0.39 is 0 Å². The predicted molar refractivity (Wildman–Crippen MR) is 110 cm³/mol. The third-order valence-electron chi connectivity index (χ3n) is 4.27. The lowest BCUT2D eigenvalue weighted by atomic mass is 10.1. The van der Waals surface area contributed by atoms with Crippen LogP contribution in [0, 0.1) is 0 Å². The first-order chi connectivity index (χ1) is 13.3. The van der Waals surface area contributed by atoms with Crippen LogP contribution in [0.4, 0.5) is 0 Å². The maximum atomic E-state index is 5.06. The average molecular weight is 365 g/mol. The fraction of sp³-hybridized carbons (Fsp3) is 0.333. The second kappa shape index (κ2) is 9.73. The largest absolute Gasteiger partial charge is 0.383 e. The number of nitrogens with zero attached hydrogens (tertiary/aromatic N) is 3. The average Bonchev–Trinajstić information content (AvgIpc) is 3.10. The van der Waals surface area contributed by atoms with Gasteiger partial charge in [0.1, 0.15) is 0 Å². The lowest BCUT2D eigenvalue weighted by Crippen LogP contribution is -2.38. The van der Waals surface area contributed by atoms with Crippen LogP contribution in [0.15, 0.2) is 59.9 Å². The van der Waals surface area contributed by atoms with Gasteiger partial charge < -0.3 is 19.9 Å². The molecule has 1 heterocycles. The van der Waals surface area contributed by atoms with Crippen LogP contribution in [0.5, 0.6) is 0 Å². The number of aromatic nitrogens is 2.